The number of aromatic nitrogens is 3. The number of benzene rings is 1. The van der Waals surface area contributed by atoms with E-state index in [2.05, 4.69) is 15.0 Å². The minimum Gasteiger partial charge on any atom is -0.294 e. The van der Waals surface area contributed by atoms with Crippen LogP contribution in [0.1, 0.15) is 61.0 Å². The zero-order chi connectivity index (χ0) is 16.9. The van der Waals surface area contributed by atoms with E-state index in [4.69, 9.17) is 0 Å². The van der Waals surface area contributed by atoms with Crippen LogP contribution >= 0.6 is 0 Å². The molecule has 0 N–H and O–H groups in total. The molecule has 4 aliphatic rings. The van der Waals surface area contributed by atoms with Gasteiger partial charge in [0.2, 0.25) is 0 Å². The van der Waals surface area contributed by atoms with Gasteiger partial charge in [0.25, 0.3) is 0 Å². The van der Waals surface area contributed by atoms with Crippen molar-refractivity contribution in [2.45, 2.75) is 56.9 Å². The Bertz CT molecular complexity index is 744. The molecule has 6 rings (SSSR count). The van der Waals surface area contributed by atoms with Gasteiger partial charge in [-0.15, -0.1) is 5.10 Å². The highest BCUT2D eigenvalue weighted by molar-refractivity contribution is 5.96. The van der Waals surface area contributed by atoms with E-state index in [1.807, 2.05) is 36.5 Å². The first-order valence-corrected chi connectivity index (χ1v) is 9.70. The number of nitrogens with zero attached hydrogens (tertiary/aromatic N) is 3. The second kappa shape index (κ2) is 5.79. The Morgan fingerprint density at radius 1 is 1.04 bits per heavy atom. The molecule has 0 spiro atoms. The Morgan fingerprint density at radius 2 is 1.68 bits per heavy atom. The van der Waals surface area contributed by atoms with E-state index in [0.717, 1.165) is 35.4 Å². The summed E-state index contributed by atoms with van der Waals surface area (Å²) in [5, 5.41) is 8.74. The van der Waals surface area contributed by atoms with Crippen LogP contribution < -0.4 is 0 Å². The van der Waals surface area contributed by atoms with Gasteiger partial charge in [0.05, 0.1) is 17.4 Å². The Labute approximate surface area is 148 Å². The molecule has 0 unspecified atom stereocenters. The molecule has 4 aliphatic carbocycles. The van der Waals surface area contributed by atoms with Crippen LogP contribution in [0.5, 0.6) is 0 Å². The maximum atomic E-state index is 12.4. The van der Waals surface area contributed by atoms with Crippen molar-refractivity contribution in [3.63, 3.8) is 0 Å². The third kappa shape index (κ3) is 2.62. The predicted octanol–water partition coefficient (Wildman–Crippen LogP) is 4.02. The predicted molar refractivity (Wildman–Crippen MR) is 95.3 cm³/mol. The first-order chi connectivity index (χ1) is 12.2. The number of carbonyl (C=O) groups excluding carboxylic acids is 1. The second-order valence-electron chi connectivity index (χ2n) is 8.57. The van der Waals surface area contributed by atoms with Gasteiger partial charge in [-0.05, 0) is 62.7 Å². The lowest BCUT2D eigenvalue weighted by Gasteiger charge is -2.56. The number of hydrogen-bond acceptors (Lipinski definition) is 3. The van der Waals surface area contributed by atoms with Gasteiger partial charge in [0.15, 0.2) is 5.78 Å². The second-order valence-corrected chi connectivity index (χ2v) is 8.57. The first-order valence-electron chi connectivity index (χ1n) is 9.70. The molecule has 0 aliphatic heterocycles. The maximum absolute atomic E-state index is 12.4. The zero-order valence-electron chi connectivity index (χ0n) is 14.6. The minimum absolute atomic E-state index is 0.191. The highest BCUT2D eigenvalue weighted by atomic mass is 16.1. The van der Waals surface area contributed by atoms with Crippen molar-refractivity contribution in [2.75, 3.05) is 0 Å². The van der Waals surface area contributed by atoms with Gasteiger partial charge in [0, 0.05) is 12.0 Å². The number of Topliss-reactive ketones (excluding diaryl/α,β-unsaturated/α-hetero) is 1. The Kier molecular flexibility index (Phi) is 3.54. The van der Waals surface area contributed by atoms with Crippen molar-refractivity contribution in [2.24, 2.45) is 17.8 Å². The molecule has 1 aromatic carbocycles. The summed E-state index contributed by atoms with van der Waals surface area (Å²) in [4.78, 5) is 12.4. The van der Waals surface area contributed by atoms with Crippen molar-refractivity contribution in [1.82, 2.24) is 15.0 Å². The lowest BCUT2D eigenvalue weighted by Crippen LogP contribution is -2.52. The van der Waals surface area contributed by atoms with Crippen LogP contribution in [0.15, 0.2) is 36.5 Å². The maximum Gasteiger partial charge on any atom is 0.163 e. The van der Waals surface area contributed by atoms with Crippen LogP contribution in [0.4, 0.5) is 0 Å². The van der Waals surface area contributed by atoms with Crippen LogP contribution in [-0.4, -0.2) is 20.8 Å². The van der Waals surface area contributed by atoms with E-state index < -0.39 is 0 Å². The molecule has 130 valence electrons. The van der Waals surface area contributed by atoms with Gasteiger partial charge in [-0.25, -0.2) is 4.68 Å². The smallest absolute Gasteiger partial charge is 0.163 e. The summed E-state index contributed by atoms with van der Waals surface area (Å²) in [6, 6.07) is 9.60. The van der Waals surface area contributed by atoms with Crippen LogP contribution in [0.3, 0.4) is 0 Å². The molecule has 0 atom stereocenters. The average Bonchev–Trinajstić information content (AvgIpc) is 3.09. The van der Waals surface area contributed by atoms with E-state index in [-0.39, 0.29) is 11.3 Å². The van der Waals surface area contributed by atoms with Gasteiger partial charge < -0.3 is 0 Å². The number of aryl methyl sites for hydroxylation is 1. The van der Waals surface area contributed by atoms with E-state index in [1.165, 1.54) is 38.5 Å². The molecular formula is C21H25N3O. The van der Waals surface area contributed by atoms with Gasteiger partial charge in [-0.1, -0.05) is 35.5 Å². The molecule has 4 heteroatoms. The van der Waals surface area contributed by atoms with Gasteiger partial charge in [-0.3, -0.25) is 4.79 Å². The fraction of sp³-hybridized carbons (Fsp3) is 0.571. The third-order valence-electron chi connectivity index (χ3n) is 6.78. The lowest BCUT2D eigenvalue weighted by molar-refractivity contribution is -0.0515. The van der Waals surface area contributed by atoms with E-state index in [0.29, 0.717) is 6.42 Å². The molecule has 4 fully saturated rings. The molecule has 25 heavy (non-hydrogen) atoms. The highest BCUT2D eigenvalue weighted by Gasteiger charge is 2.53. The summed E-state index contributed by atoms with van der Waals surface area (Å²) in [6.45, 7) is 0. The summed E-state index contributed by atoms with van der Waals surface area (Å²) >= 11 is 0. The zero-order valence-corrected chi connectivity index (χ0v) is 14.6. The summed E-state index contributed by atoms with van der Waals surface area (Å²) < 4.78 is 2.23. The summed E-state index contributed by atoms with van der Waals surface area (Å²) in [5.41, 5.74) is 2.14. The van der Waals surface area contributed by atoms with E-state index >= 15 is 0 Å². The molecule has 4 saturated carbocycles. The molecule has 4 nitrogen and oxygen atoms in total. The van der Waals surface area contributed by atoms with Crippen LogP contribution in [-0.2, 0) is 12.0 Å². The fourth-order valence-corrected chi connectivity index (χ4v) is 6.16. The lowest BCUT2D eigenvalue weighted by atomic mass is 9.53. The number of carbonyl (C=O) groups is 1. The first kappa shape index (κ1) is 15.3. The van der Waals surface area contributed by atoms with Crippen molar-refractivity contribution in [3.05, 3.63) is 47.8 Å². The quantitative estimate of drug-likeness (QED) is 0.775. The highest BCUT2D eigenvalue weighted by Crippen LogP contribution is 2.58. The third-order valence-corrected chi connectivity index (χ3v) is 6.78. The molecule has 0 amide bonds. The Morgan fingerprint density at radius 3 is 2.32 bits per heavy atom. The molecule has 1 heterocycles. The molecule has 0 saturated heterocycles. The van der Waals surface area contributed by atoms with Gasteiger partial charge in [-0.2, -0.15) is 0 Å². The topological polar surface area (TPSA) is 47.8 Å². The molecule has 0 radical (unpaired) electrons. The summed E-state index contributed by atoms with van der Waals surface area (Å²) in [6.07, 6.45) is 11.2. The van der Waals surface area contributed by atoms with E-state index in [9.17, 15) is 4.79 Å². The molecule has 4 bridgehead atoms. The number of rotatable bonds is 5. The molecular weight excluding hydrogens is 310 g/mol. The van der Waals surface area contributed by atoms with Crippen molar-refractivity contribution >= 4 is 5.78 Å². The van der Waals surface area contributed by atoms with Crippen LogP contribution in [0.2, 0.25) is 0 Å². The summed E-state index contributed by atoms with van der Waals surface area (Å²) in [5.74, 6) is 2.86. The van der Waals surface area contributed by atoms with E-state index in [1.54, 1.807) is 0 Å². The Hall–Kier alpha value is -1.97. The monoisotopic (exact) mass is 335 g/mol. The fourth-order valence-electron chi connectivity index (χ4n) is 6.16. The SMILES string of the molecule is O=C(CCc1cnnn1C12CC3CC(CC(C3)C1)C2)c1ccccc1. The number of ketones is 1. The van der Waals surface area contributed by atoms with Crippen molar-refractivity contribution < 1.29 is 4.79 Å². The standard InChI is InChI=1S/C21H25N3O/c25-20(18-4-2-1-3-5-18)7-6-19-14-22-23-24(19)21-11-15-8-16(12-21)10-17(9-15)13-21/h1-5,14-17H,6-13H2. The molecule has 1 aromatic heterocycles. The van der Waals surface area contributed by atoms with Gasteiger partial charge in [0.1, 0.15) is 0 Å². The summed E-state index contributed by atoms with van der Waals surface area (Å²) in [7, 11) is 0. The van der Waals surface area contributed by atoms with Crippen LogP contribution in [0, 0.1) is 17.8 Å². The largest absolute Gasteiger partial charge is 0.294 e. The van der Waals surface area contributed by atoms with Gasteiger partial charge >= 0.3 is 0 Å². The normalized spacial score (nSPS) is 32.9. The van der Waals surface area contributed by atoms with Crippen LogP contribution in [0.25, 0.3) is 0 Å². The number of hydrogen-bond donors (Lipinski definition) is 0. The van der Waals surface area contributed by atoms with Crippen molar-refractivity contribution in [1.29, 1.82) is 0 Å². The minimum atomic E-state index is 0.191. The Balaban J connectivity index is 1.35. The molecule has 2 aromatic rings. The average molecular weight is 335 g/mol. The van der Waals surface area contributed by atoms with Crippen molar-refractivity contribution in [3.8, 4) is 0 Å².